The Bertz CT molecular complexity index is 1090. The second-order valence-corrected chi connectivity index (χ2v) is 9.85. The second-order valence-electron chi connectivity index (χ2n) is 9.85. The summed E-state index contributed by atoms with van der Waals surface area (Å²) in [5, 5.41) is 14.1. The van der Waals surface area contributed by atoms with Crippen LogP contribution in [0.4, 0.5) is 16.1 Å². The van der Waals surface area contributed by atoms with Crippen LogP contribution in [0.5, 0.6) is 5.75 Å². The van der Waals surface area contributed by atoms with Gasteiger partial charge in [0.15, 0.2) is 11.6 Å². The maximum atomic E-state index is 15.4. The highest BCUT2D eigenvalue weighted by atomic mass is 19.1. The van der Waals surface area contributed by atoms with E-state index in [-0.39, 0.29) is 35.6 Å². The van der Waals surface area contributed by atoms with Crippen LogP contribution in [0.1, 0.15) is 75.2 Å². The smallest absolute Gasteiger partial charge is 0.316 e. The minimum Gasteiger partial charge on any atom is -0.492 e. The first kappa shape index (κ1) is 22.6. The molecule has 34 heavy (non-hydrogen) atoms. The van der Waals surface area contributed by atoms with Crippen molar-refractivity contribution in [2.24, 2.45) is 0 Å². The Hall–Kier alpha value is -3.17. The summed E-state index contributed by atoms with van der Waals surface area (Å²) in [7, 11) is 1.42. The number of anilines is 2. The zero-order valence-electron chi connectivity index (χ0n) is 19.5. The molecule has 10 heteroatoms. The van der Waals surface area contributed by atoms with Crippen LogP contribution < -0.4 is 20.3 Å². The Labute approximate surface area is 197 Å². The van der Waals surface area contributed by atoms with Gasteiger partial charge in [0.2, 0.25) is 17.7 Å². The number of aromatic nitrogens is 2. The van der Waals surface area contributed by atoms with Crippen LogP contribution in [-0.4, -0.2) is 47.7 Å². The lowest BCUT2D eigenvalue weighted by Crippen LogP contribution is -2.64. The fourth-order valence-electron chi connectivity index (χ4n) is 5.37. The van der Waals surface area contributed by atoms with E-state index >= 15 is 4.39 Å². The van der Waals surface area contributed by atoms with Gasteiger partial charge >= 0.3 is 6.01 Å². The molecule has 1 aromatic carbocycles. The standard InChI is InChI=1S/C24H30FN5O4/c1-24(27-23-29-28-22(34-23)14-6-4-3-5-7-14)12-30(13-24)17-10-8-15(19(25)20(17)33-2)16-9-11-18(31)26-21(16)32/h8,10,14,16H,3-7,9,11-13H2,1-2H3,(H,27,29)(H,26,31,32). The van der Waals surface area contributed by atoms with E-state index < -0.39 is 17.6 Å². The summed E-state index contributed by atoms with van der Waals surface area (Å²) < 4.78 is 26.7. The highest BCUT2D eigenvalue weighted by Crippen LogP contribution is 2.41. The van der Waals surface area contributed by atoms with Crippen LogP contribution >= 0.6 is 0 Å². The van der Waals surface area contributed by atoms with Gasteiger partial charge in [-0.25, -0.2) is 4.39 Å². The number of nitrogens with zero attached hydrogens (tertiary/aromatic N) is 3. The van der Waals surface area contributed by atoms with Crippen LogP contribution in [0.25, 0.3) is 0 Å². The number of amides is 2. The van der Waals surface area contributed by atoms with Crippen LogP contribution in [0.3, 0.4) is 0 Å². The van der Waals surface area contributed by atoms with Crippen LogP contribution in [0.2, 0.25) is 0 Å². The maximum Gasteiger partial charge on any atom is 0.316 e. The summed E-state index contributed by atoms with van der Waals surface area (Å²) in [6, 6.07) is 3.80. The topological polar surface area (TPSA) is 110 Å². The van der Waals surface area contributed by atoms with Crippen molar-refractivity contribution in [3.8, 4) is 5.75 Å². The number of rotatable bonds is 6. The predicted molar refractivity (Wildman–Crippen MR) is 122 cm³/mol. The Kier molecular flexibility index (Phi) is 5.91. The lowest BCUT2D eigenvalue weighted by Gasteiger charge is -2.49. The van der Waals surface area contributed by atoms with Crippen molar-refractivity contribution in [1.82, 2.24) is 15.5 Å². The maximum absolute atomic E-state index is 15.4. The molecule has 2 amide bonds. The van der Waals surface area contributed by atoms with Gasteiger partial charge in [-0.15, -0.1) is 5.10 Å². The molecular weight excluding hydrogens is 441 g/mol. The van der Waals surface area contributed by atoms with Crippen molar-refractivity contribution < 1.29 is 23.1 Å². The predicted octanol–water partition coefficient (Wildman–Crippen LogP) is 3.48. The summed E-state index contributed by atoms with van der Waals surface area (Å²) in [4.78, 5) is 25.7. The van der Waals surface area contributed by atoms with Gasteiger partial charge in [-0.05, 0) is 32.3 Å². The summed E-state index contributed by atoms with van der Waals surface area (Å²) in [6.07, 6.45) is 6.31. The molecule has 182 valence electrons. The van der Waals surface area contributed by atoms with Crippen molar-refractivity contribution in [1.29, 1.82) is 0 Å². The zero-order chi connectivity index (χ0) is 23.9. The summed E-state index contributed by atoms with van der Waals surface area (Å²) in [6.45, 7) is 3.22. The Balaban J connectivity index is 1.27. The Morgan fingerprint density at radius 1 is 1.18 bits per heavy atom. The number of hydrogen-bond donors (Lipinski definition) is 2. The van der Waals surface area contributed by atoms with Crippen LogP contribution in [0, 0.1) is 5.82 Å². The van der Waals surface area contributed by atoms with E-state index in [2.05, 4.69) is 27.8 Å². The third-order valence-electron chi connectivity index (χ3n) is 7.15. The Morgan fingerprint density at radius 3 is 2.65 bits per heavy atom. The van der Waals surface area contributed by atoms with Crippen molar-refractivity contribution in [3.05, 3.63) is 29.4 Å². The minimum atomic E-state index is -0.708. The molecule has 0 spiro atoms. The number of imide groups is 1. The third kappa shape index (κ3) is 4.21. The molecule has 1 aromatic heterocycles. The third-order valence-corrected chi connectivity index (χ3v) is 7.15. The van der Waals surface area contributed by atoms with Crippen molar-refractivity contribution in [3.63, 3.8) is 0 Å². The molecule has 9 nitrogen and oxygen atoms in total. The van der Waals surface area contributed by atoms with Gasteiger partial charge in [0.05, 0.1) is 24.3 Å². The molecule has 3 heterocycles. The molecule has 1 unspecified atom stereocenters. The summed E-state index contributed by atoms with van der Waals surface area (Å²) in [5.74, 6) is -0.929. The molecule has 0 radical (unpaired) electrons. The average Bonchev–Trinajstić information content (AvgIpc) is 3.26. The number of carbonyl (C=O) groups is 2. The quantitative estimate of drug-likeness (QED) is 0.617. The number of benzene rings is 1. The number of ether oxygens (including phenoxy) is 1. The average molecular weight is 472 g/mol. The lowest BCUT2D eigenvalue weighted by atomic mass is 9.88. The molecular formula is C24H30FN5O4. The fourth-order valence-corrected chi connectivity index (χ4v) is 5.37. The number of nitrogens with one attached hydrogen (secondary N) is 2. The molecule has 2 aromatic rings. The molecule has 2 N–H and O–H groups in total. The van der Waals surface area contributed by atoms with Crippen molar-refractivity contribution >= 4 is 23.5 Å². The SMILES string of the molecule is COc1c(N2CC(C)(Nc3nnc(C4CCCCC4)o3)C2)ccc(C2CCC(=O)NC2=O)c1F. The van der Waals surface area contributed by atoms with E-state index in [0.717, 1.165) is 12.8 Å². The van der Waals surface area contributed by atoms with E-state index in [1.165, 1.54) is 26.4 Å². The number of methoxy groups -OCH3 is 1. The van der Waals surface area contributed by atoms with Crippen LogP contribution in [-0.2, 0) is 9.59 Å². The first-order valence-electron chi connectivity index (χ1n) is 11.9. The highest BCUT2D eigenvalue weighted by Gasteiger charge is 2.42. The molecule has 1 saturated carbocycles. The lowest BCUT2D eigenvalue weighted by molar-refractivity contribution is -0.134. The minimum absolute atomic E-state index is 0.0987. The van der Waals surface area contributed by atoms with E-state index in [1.807, 2.05) is 4.90 Å². The monoisotopic (exact) mass is 471 g/mol. The van der Waals surface area contributed by atoms with Gasteiger partial charge in [-0.2, -0.15) is 0 Å². The van der Waals surface area contributed by atoms with E-state index in [9.17, 15) is 9.59 Å². The first-order chi connectivity index (χ1) is 16.4. The van der Waals surface area contributed by atoms with Gasteiger partial charge in [0.1, 0.15) is 0 Å². The number of hydrogen-bond acceptors (Lipinski definition) is 8. The number of carbonyl (C=O) groups excluding carboxylic acids is 2. The van der Waals surface area contributed by atoms with Gasteiger partial charge in [-0.1, -0.05) is 30.4 Å². The van der Waals surface area contributed by atoms with E-state index in [0.29, 0.717) is 36.6 Å². The Morgan fingerprint density at radius 2 is 1.94 bits per heavy atom. The molecule has 1 atom stereocenters. The largest absolute Gasteiger partial charge is 0.492 e. The second kappa shape index (κ2) is 8.88. The van der Waals surface area contributed by atoms with Gasteiger partial charge in [0.25, 0.3) is 0 Å². The van der Waals surface area contributed by atoms with Gasteiger partial charge in [-0.3, -0.25) is 14.9 Å². The first-order valence-corrected chi connectivity index (χ1v) is 11.9. The summed E-state index contributed by atoms with van der Waals surface area (Å²) in [5.41, 5.74) is 0.539. The van der Waals surface area contributed by atoms with E-state index in [1.54, 1.807) is 12.1 Å². The molecule has 1 aliphatic carbocycles. The molecule has 2 aliphatic heterocycles. The zero-order valence-corrected chi connectivity index (χ0v) is 19.5. The fraction of sp³-hybridized carbons (Fsp3) is 0.583. The van der Waals surface area contributed by atoms with Crippen molar-refractivity contribution in [2.75, 3.05) is 30.4 Å². The molecule has 3 aliphatic rings. The summed E-state index contributed by atoms with van der Waals surface area (Å²) >= 11 is 0. The molecule has 2 saturated heterocycles. The highest BCUT2D eigenvalue weighted by molar-refractivity contribution is 6.01. The van der Waals surface area contributed by atoms with Gasteiger partial charge in [0, 0.05) is 31.0 Å². The molecule has 3 fully saturated rings. The van der Waals surface area contributed by atoms with Gasteiger partial charge < -0.3 is 19.4 Å². The van der Waals surface area contributed by atoms with Crippen LogP contribution in [0.15, 0.2) is 16.5 Å². The number of halogens is 1. The molecule has 5 rings (SSSR count). The van der Waals surface area contributed by atoms with Crippen molar-refractivity contribution in [2.45, 2.75) is 69.2 Å². The van der Waals surface area contributed by atoms with E-state index in [4.69, 9.17) is 9.15 Å². The normalized spacial score (nSPS) is 22.8. The molecule has 0 bridgehead atoms. The number of piperidine rings is 1.